The average Bonchev–Trinajstić information content (AvgIpc) is 2.46. The van der Waals surface area contributed by atoms with E-state index >= 15 is 0 Å². The lowest BCUT2D eigenvalue weighted by Crippen LogP contribution is -2.27. The van der Waals surface area contributed by atoms with Crippen LogP contribution in [-0.2, 0) is 24.7 Å². The molecule has 0 spiro atoms. The molecule has 1 N–H and O–H groups in total. The smallest absolute Gasteiger partial charge is 0.321 e. The Morgan fingerprint density at radius 1 is 0.900 bits per heavy atom. The van der Waals surface area contributed by atoms with Gasteiger partial charge < -0.3 is 23.4 Å². The number of rotatable bonds is 11. The molecule has 6 heteroatoms. The van der Waals surface area contributed by atoms with Crippen molar-refractivity contribution in [3.05, 3.63) is 29.8 Å². The van der Waals surface area contributed by atoms with Crippen molar-refractivity contribution in [1.29, 1.82) is 0 Å². The van der Waals surface area contributed by atoms with Crippen LogP contribution in [0, 0.1) is 0 Å². The second-order valence-electron chi connectivity index (χ2n) is 4.36. The van der Waals surface area contributed by atoms with Crippen LogP contribution < -0.4 is 0 Å². The topological polar surface area (TPSA) is 57.2 Å². The second kappa shape index (κ2) is 10.8. The van der Waals surface area contributed by atoms with Gasteiger partial charge in [0.2, 0.25) is 0 Å². The van der Waals surface area contributed by atoms with Gasteiger partial charge in [0, 0.05) is 14.2 Å². The fourth-order valence-corrected chi connectivity index (χ4v) is 3.40. The molecule has 0 atom stereocenters. The third kappa shape index (κ3) is 7.61. The largest absolute Gasteiger partial charge is 0.508 e. The fraction of sp³-hybridized carbons (Fsp3) is 0.571. The van der Waals surface area contributed by atoms with Gasteiger partial charge in [-0.1, -0.05) is 12.1 Å². The van der Waals surface area contributed by atoms with Crippen LogP contribution in [0.1, 0.15) is 5.56 Å². The molecule has 114 valence electrons. The standard InChI is InChI=1S/C14H24O5Si/c1-16-8-10-18-20(19-11-9-17-2)12-7-13-3-5-14(15)6-4-13/h3-6,15,20H,7-12H2,1-2H3. The molecule has 1 rings (SSSR count). The van der Waals surface area contributed by atoms with E-state index in [0.29, 0.717) is 26.4 Å². The zero-order chi connectivity index (χ0) is 14.6. The van der Waals surface area contributed by atoms with Crippen molar-refractivity contribution in [2.45, 2.75) is 12.5 Å². The molecular weight excluding hydrogens is 276 g/mol. The van der Waals surface area contributed by atoms with E-state index in [-0.39, 0.29) is 5.75 Å². The van der Waals surface area contributed by atoms with Crippen LogP contribution in [0.5, 0.6) is 5.75 Å². The van der Waals surface area contributed by atoms with E-state index in [4.69, 9.17) is 18.3 Å². The molecule has 5 nitrogen and oxygen atoms in total. The molecule has 0 bridgehead atoms. The number of benzene rings is 1. The first-order chi connectivity index (χ1) is 9.76. The maximum atomic E-state index is 9.25. The van der Waals surface area contributed by atoms with Crippen LogP contribution in [0.4, 0.5) is 0 Å². The van der Waals surface area contributed by atoms with Crippen molar-refractivity contribution in [3.63, 3.8) is 0 Å². The molecule has 0 fully saturated rings. The minimum absolute atomic E-state index is 0.287. The van der Waals surface area contributed by atoms with E-state index in [0.717, 1.165) is 12.5 Å². The summed E-state index contributed by atoms with van der Waals surface area (Å²) in [5.74, 6) is 0.287. The first-order valence-corrected chi connectivity index (χ1v) is 8.51. The van der Waals surface area contributed by atoms with Gasteiger partial charge in [-0.25, -0.2) is 0 Å². The monoisotopic (exact) mass is 300 g/mol. The van der Waals surface area contributed by atoms with Crippen LogP contribution >= 0.6 is 0 Å². The number of ether oxygens (including phenoxy) is 2. The number of hydrogen-bond donors (Lipinski definition) is 1. The van der Waals surface area contributed by atoms with E-state index in [1.165, 1.54) is 5.56 Å². The molecule has 0 saturated carbocycles. The van der Waals surface area contributed by atoms with Crippen molar-refractivity contribution < 1.29 is 23.4 Å². The van der Waals surface area contributed by atoms with Crippen LogP contribution in [0.2, 0.25) is 6.04 Å². The van der Waals surface area contributed by atoms with Crippen LogP contribution in [-0.4, -0.2) is 55.0 Å². The van der Waals surface area contributed by atoms with Gasteiger partial charge in [0.1, 0.15) is 5.75 Å². The highest BCUT2D eigenvalue weighted by molar-refractivity contribution is 6.44. The van der Waals surface area contributed by atoms with E-state index in [1.54, 1.807) is 26.4 Å². The molecule has 1 aromatic carbocycles. The number of aryl methyl sites for hydroxylation is 1. The highest BCUT2D eigenvalue weighted by Crippen LogP contribution is 2.12. The summed E-state index contributed by atoms with van der Waals surface area (Å²) in [4.78, 5) is 0. The Morgan fingerprint density at radius 2 is 1.45 bits per heavy atom. The summed E-state index contributed by atoms with van der Waals surface area (Å²) >= 11 is 0. The molecule has 0 amide bonds. The maximum Gasteiger partial charge on any atom is 0.321 e. The second-order valence-corrected chi connectivity index (χ2v) is 6.46. The Balaban J connectivity index is 2.35. The van der Waals surface area contributed by atoms with Crippen molar-refractivity contribution in [2.75, 3.05) is 40.6 Å². The van der Waals surface area contributed by atoms with E-state index < -0.39 is 9.28 Å². The highest BCUT2D eigenvalue weighted by Gasteiger charge is 2.13. The molecule has 20 heavy (non-hydrogen) atoms. The van der Waals surface area contributed by atoms with Crippen LogP contribution in [0.3, 0.4) is 0 Å². The molecule has 0 saturated heterocycles. The number of methoxy groups -OCH3 is 2. The zero-order valence-corrected chi connectivity index (χ0v) is 13.4. The minimum atomic E-state index is -1.70. The van der Waals surface area contributed by atoms with Gasteiger partial charge in [0.05, 0.1) is 26.4 Å². The fourth-order valence-electron chi connectivity index (χ4n) is 1.69. The Morgan fingerprint density at radius 3 is 1.95 bits per heavy atom. The average molecular weight is 300 g/mol. The van der Waals surface area contributed by atoms with Gasteiger partial charge in [-0.15, -0.1) is 0 Å². The first-order valence-electron chi connectivity index (χ1n) is 6.75. The van der Waals surface area contributed by atoms with E-state index in [2.05, 4.69) is 0 Å². The lowest BCUT2D eigenvalue weighted by atomic mass is 10.2. The third-order valence-electron chi connectivity index (χ3n) is 2.79. The maximum absolute atomic E-state index is 9.25. The Bertz CT molecular complexity index is 334. The molecule has 0 heterocycles. The van der Waals surface area contributed by atoms with Crippen molar-refractivity contribution in [1.82, 2.24) is 0 Å². The van der Waals surface area contributed by atoms with Crippen molar-refractivity contribution in [2.24, 2.45) is 0 Å². The zero-order valence-electron chi connectivity index (χ0n) is 12.2. The van der Waals surface area contributed by atoms with Crippen molar-refractivity contribution >= 4 is 9.28 Å². The molecule has 0 aliphatic carbocycles. The number of hydrogen-bond acceptors (Lipinski definition) is 5. The summed E-state index contributed by atoms with van der Waals surface area (Å²) in [6, 6.07) is 8.13. The first kappa shape index (κ1) is 17.1. The molecule has 0 aliphatic rings. The van der Waals surface area contributed by atoms with Crippen LogP contribution in [0.15, 0.2) is 24.3 Å². The SMILES string of the molecule is COCCO[SiH](CCc1ccc(O)cc1)OCCOC. The molecule has 0 radical (unpaired) electrons. The van der Waals surface area contributed by atoms with Gasteiger partial charge in [-0.2, -0.15) is 0 Å². The molecule has 1 aromatic rings. The summed E-state index contributed by atoms with van der Waals surface area (Å²) < 4.78 is 21.5. The highest BCUT2D eigenvalue weighted by atomic mass is 28.3. The number of phenolic OH excluding ortho intramolecular Hbond substituents is 1. The van der Waals surface area contributed by atoms with E-state index in [1.807, 2.05) is 12.1 Å². The Kier molecular flexibility index (Phi) is 9.26. The summed E-state index contributed by atoms with van der Waals surface area (Å²) in [6.45, 7) is 2.29. The number of phenols is 1. The van der Waals surface area contributed by atoms with Gasteiger partial charge in [-0.3, -0.25) is 0 Å². The third-order valence-corrected chi connectivity index (χ3v) is 4.76. The predicted molar refractivity (Wildman–Crippen MR) is 79.4 cm³/mol. The normalized spacial score (nSPS) is 11.2. The lowest BCUT2D eigenvalue weighted by Gasteiger charge is -2.16. The molecule has 0 aliphatic heterocycles. The molecule has 0 aromatic heterocycles. The van der Waals surface area contributed by atoms with Crippen LogP contribution in [0.25, 0.3) is 0 Å². The quantitative estimate of drug-likeness (QED) is 0.495. The van der Waals surface area contributed by atoms with E-state index in [9.17, 15) is 5.11 Å². The lowest BCUT2D eigenvalue weighted by molar-refractivity contribution is 0.0996. The van der Waals surface area contributed by atoms with Gasteiger partial charge >= 0.3 is 9.28 Å². The predicted octanol–water partition coefficient (Wildman–Crippen LogP) is 1.48. The number of aromatic hydroxyl groups is 1. The summed E-state index contributed by atoms with van der Waals surface area (Å²) in [7, 11) is 1.61. The van der Waals surface area contributed by atoms with Gasteiger partial charge in [0.25, 0.3) is 0 Å². The van der Waals surface area contributed by atoms with Crippen molar-refractivity contribution in [3.8, 4) is 5.75 Å². The minimum Gasteiger partial charge on any atom is -0.508 e. The van der Waals surface area contributed by atoms with Gasteiger partial charge in [-0.05, 0) is 30.2 Å². The summed E-state index contributed by atoms with van der Waals surface area (Å²) in [5.41, 5.74) is 1.17. The summed E-state index contributed by atoms with van der Waals surface area (Å²) in [6.07, 6.45) is 0.886. The Hall–Kier alpha value is -0.923. The molecular formula is C14H24O5Si. The summed E-state index contributed by atoms with van der Waals surface area (Å²) in [5, 5.41) is 9.25. The molecule has 0 unspecified atom stereocenters. The Labute approximate surface area is 122 Å². The van der Waals surface area contributed by atoms with Gasteiger partial charge in [0.15, 0.2) is 0 Å².